The van der Waals surface area contributed by atoms with Crippen LogP contribution in [-0.2, 0) is 4.74 Å². The summed E-state index contributed by atoms with van der Waals surface area (Å²) in [6.07, 6.45) is 2.32. The van der Waals surface area contributed by atoms with E-state index in [-0.39, 0.29) is 12.0 Å². The van der Waals surface area contributed by atoms with Crippen molar-refractivity contribution in [1.82, 2.24) is 0 Å². The summed E-state index contributed by atoms with van der Waals surface area (Å²) in [5.41, 5.74) is 2.25. The molecule has 0 aromatic heterocycles. The van der Waals surface area contributed by atoms with Crippen LogP contribution in [0.15, 0.2) is 42.5 Å². The van der Waals surface area contributed by atoms with Gasteiger partial charge in [-0.25, -0.2) is 0 Å². The van der Waals surface area contributed by atoms with Gasteiger partial charge >= 0.3 is 0 Å². The maximum absolute atomic E-state index is 12.3. The predicted octanol–water partition coefficient (Wildman–Crippen LogP) is 4.46. The highest BCUT2D eigenvalue weighted by Gasteiger charge is 2.16. The molecule has 0 radical (unpaired) electrons. The molecule has 1 N–H and O–H groups in total. The van der Waals surface area contributed by atoms with E-state index in [2.05, 4.69) is 5.32 Å². The molecule has 5 heteroatoms. The van der Waals surface area contributed by atoms with Gasteiger partial charge in [-0.3, -0.25) is 4.79 Å². The first-order chi connectivity index (χ1) is 11.6. The van der Waals surface area contributed by atoms with Crippen molar-refractivity contribution >= 4 is 23.2 Å². The second kappa shape index (κ2) is 7.69. The van der Waals surface area contributed by atoms with Crippen LogP contribution >= 0.6 is 11.6 Å². The summed E-state index contributed by atoms with van der Waals surface area (Å²) in [4.78, 5) is 12.3. The minimum Gasteiger partial charge on any atom is -0.491 e. The Kier molecular flexibility index (Phi) is 5.38. The van der Waals surface area contributed by atoms with Crippen molar-refractivity contribution in [2.75, 3.05) is 18.5 Å². The summed E-state index contributed by atoms with van der Waals surface area (Å²) in [6, 6.07) is 12.5. The topological polar surface area (TPSA) is 47.6 Å². The van der Waals surface area contributed by atoms with Crippen LogP contribution in [0.3, 0.4) is 0 Å². The maximum Gasteiger partial charge on any atom is 0.255 e. The average Bonchev–Trinajstić information content (AvgIpc) is 3.09. The largest absolute Gasteiger partial charge is 0.491 e. The Morgan fingerprint density at radius 1 is 1.29 bits per heavy atom. The van der Waals surface area contributed by atoms with Crippen molar-refractivity contribution < 1.29 is 14.3 Å². The van der Waals surface area contributed by atoms with Crippen molar-refractivity contribution in [1.29, 1.82) is 0 Å². The summed E-state index contributed by atoms with van der Waals surface area (Å²) in [5.74, 6) is 0.579. The third kappa shape index (κ3) is 4.28. The fourth-order valence-corrected chi connectivity index (χ4v) is 2.86. The molecule has 3 rings (SSSR count). The van der Waals surface area contributed by atoms with Gasteiger partial charge in [0, 0.05) is 22.9 Å². The fraction of sp³-hybridized carbons (Fsp3) is 0.316. The monoisotopic (exact) mass is 345 g/mol. The van der Waals surface area contributed by atoms with Gasteiger partial charge in [-0.2, -0.15) is 0 Å². The molecular weight excluding hydrogens is 326 g/mol. The Labute approximate surface area is 146 Å². The number of carbonyl (C=O) groups is 1. The van der Waals surface area contributed by atoms with Gasteiger partial charge in [0.2, 0.25) is 0 Å². The van der Waals surface area contributed by atoms with Crippen LogP contribution in [0.2, 0.25) is 5.02 Å². The van der Waals surface area contributed by atoms with Crippen LogP contribution in [0.5, 0.6) is 5.75 Å². The van der Waals surface area contributed by atoms with Crippen LogP contribution in [0.1, 0.15) is 28.8 Å². The molecule has 0 spiro atoms. The van der Waals surface area contributed by atoms with Gasteiger partial charge < -0.3 is 14.8 Å². The number of benzene rings is 2. The first-order valence-electron chi connectivity index (χ1n) is 8.04. The molecule has 1 atom stereocenters. The zero-order chi connectivity index (χ0) is 16.9. The highest BCUT2D eigenvalue weighted by molar-refractivity contribution is 6.30. The highest BCUT2D eigenvalue weighted by Crippen LogP contribution is 2.21. The van der Waals surface area contributed by atoms with Crippen LogP contribution in [0, 0.1) is 6.92 Å². The molecule has 1 heterocycles. The summed E-state index contributed by atoms with van der Waals surface area (Å²) in [6.45, 7) is 3.27. The Morgan fingerprint density at radius 2 is 2.08 bits per heavy atom. The molecule has 0 bridgehead atoms. The normalized spacial score (nSPS) is 16.8. The number of anilines is 1. The van der Waals surface area contributed by atoms with Crippen LogP contribution in [-0.4, -0.2) is 25.2 Å². The number of nitrogens with one attached hydrogen (secondary N) is 1. The van der Waals surface area contributed by atoms with E-state index >= 15 is 0 Å². The number of hydrogen-bond donors (Lipinski definition) is 1. The lowest BCUT2D eigenvalue weighted by molar-refractivity contribution is 0.0679. The molecule has 126 valence electrons. The lowest BCUT2D eigenvalue weighted by atomic mass is 10.1. The molecule has 1 fully saturated rings. The van der Waals surface area contributed by atoms with E-state index < -0.39 is 0 Å². The summed E-state index contributed by atoms with van der Waals surface area (Å²) < 4.78 is 11.2. The van der Waals surface area contributed by atoms with Crippen molar-refractivity contribution in [3.8, 4) is 5.75 Å². The van der Waals surface area contributed by atoms with E-state index in [4.69, 9.17) is 21.1 Å². The Bertz CT molecular complexity index is 709. The van der Waals surface area contributed by atoms with Gasteiger partial charge in [0.15, 0.2) is 0 Å². The summed E-state index contributed by atoms with van der Waals surface area (Å²) >= 11 is 5.93. The number of hydrogen-bond acceptors (Lipinski definition) is 3. The smallest absolute Gasteiger partial charge is 0.255 e. The fourth-order valence-electron chi connectivity index (χ4n) is 2.63. The minimum atomic E-state index is -0.161. The van der Waals surface area contributed by atoms with Gasteiger partial charge in [0.25, 0.3) is 5.91 Å². The second-order valence-corrected chi connectivity index (χ2v) is 6.32. The molecular formula is C19H20ClNO3. The molecule has 2 aromatic carbocycles. The van der Waals surface area contributed by atoms with E-state index in [1.54, 1.807) is 36.4 Å². The molecule has 4 nitrogen and oxygen atoms in total. The van der Waals surface area contributed by atoms with Gasteiger partial charge in [-0.15, -0.1) is 0 Å². The van der Waals surface area contributed by atoms with Crippen molar-refractivity contribution in [2.24, 2.45) is 0 Å². The van der Waals surface area contributed by atoms with Gasteiger partial charge in [0.1, 0.15) is 12.4 Å². The van der Waals surface area contributed by atoms with E-state index in [1.807, 2.05) is 13.0 Å². The zero-order valence-electron chi connectivity index (χ0n) is 13.5. The number of rotatable bonds is 5. The number of halogens is 1. The van der Waals surface area contributed by atoms with E-state index in [9.17, 15) is 4.79 Å². The molecule has 1 saturated heterocycles. The second-order valence-electron chi connectivity index (χ2n) is 5.88. The van der Waals surface area contributed by atoms with Crippen molar-refractivity contribution in [2.45, 2.75) is 25.9 Å². The van der Waals surface area contributed by atoms with E-state index in [0.29, 0.717) is 17.2 Å². The van der Waals surface area contributed by atoms with Crippen molar-refractivity contribution in [3.63, 3.8) is 0 Å². The minimum absolute atomic E-state index is 0.161. The van der Waals surface area contributed by atoms with E-state index in [1.165, 1.54) is 0 Å². The molecule has 1 aliphatic rings. The highest BCUT2D eigenvalue weighted by atomic mass is 35.5. The predicted molar refractivity (Wildman–Crippen MR) is 95.1 cm³/mol. The van der Waals surface area contributed by atoms with Gasteiger partial charge in [0.05, 0.1) is 6.10 Å². The van der Waals surface area contributed by atoms with Gasteiger partial charge in [-0.1, -0.05) is 11.6 Å². The van der Waals surface area contributed by atoms with Crippen LogP contribution in [0.4, 0.5) is 5.69 Å². The summed E-state index contributed by atoms with van der Waals surface area (Å²) in [5, 5.41) is 3.54. The average molecular weight is 346 g/mol. The Hall–Kier alpha value is -2.04. The zero-order valence-corrected chi connectivity index (χ0v) is 14.3. The molecule has 0 saturated carbocycles. The SMILES string of the molecule is Cc1cc(Cl)ccc1NC(=O)c1ccc(OCC2CCCO2)cc1. The van der Waals surface area contributed by atoms with Gasteiger partial charge in [-0.05, 0) is 67.8 Å². The molecule has 24 heavy (non-hydrogen) atoms. The van der Waals surface area contributed by atoms with Crippen LogP contribution < -0.4 is 10.1 Å². The number of aryl methyl sites for hydroxylation is 1. The lowest BCUT2D eigenvalue weighted by Gasteiger charge is -2.12. The molecule has 2 aromatic rings. The number of ether oxygens (including phenoxy) is 2. The third-order valence-corrected chi connectivity index (χ3v) is 4.25. The maximum atomic E-state index is 12.3. The first kappa shape index (κ1) is 16.8. The van der Waals surface area contributed by atoms with Crippen LogP contribution in [0.25, 0.3) is 0 Å². The lowest BCUT2D eigenvalue weighted by Crippen LogP contribution is -2.16. The molecule has 1 unspecified atom stereocenters. The third-order valence-electron chi connectivity index (χ3n) is 4.01. The number of carbonyl (C=O) groups excluding carboxylic acids is 1. The Balaban J connectivity index is 1.58. The Morgan fingerprint density at radius 3 is 2.75 bits per heavy atom. The standard InChI is InChI=1S/C19H20ClNO3/c1-13-11-15(20)6-9-18(13)21-19(22)14-4-7-16(8-5-14)24-12-17-3-2-10-23-17/h4-9,11,17H,2-3,10,12H2,1H3,(H,21,22). The van der Waals surface area contributed by atoms with Crippen molar-refractivity contribution in [3.05, 3.63) is 58.6 Å². The summed E-state index contributed by atoms with van der Waals surface area (Å²) in [7, 11) is 0. The first-order valence-corrected chi connectivity index (χ1v) is 8.41. The molecule has 1 aliphatic heterocycles. The molecule has 0 aliphatic carbocycles. The number of amides is 1. The quantitative estimate of drug-likeness (QED) is 0.870. The van der Waals surface area contributed by atoms with E-state index in [0.717, 1.165) is 36.4 Å². The molecule has 1 amide bonds.